The number of hydrogen-bond acceptors (Lipinski definition) is 2. The van der Waals surface area contributed by atoms with Crippen LogP contribution in [0.5, 0.6) is 0 Å². The summed E-state index contributed by atoms with van der Waals surface area (Å²) >= 11 is 0. The Morgan fingerprint density at radius 2 is 1.04 bits per heavy atom. The van der Waals surface area contributed by atoms with Gasteiger partial charge in [0.2, 0.25) is 0 Å². The molecule has 2 heteroatoms. The molecule has 0 N–H and O–H groups in total. The monoisotopic (exact) mass is 703 g/mol. The van der Waals surface area contributed by atoms with Gasteiger partial charge in [-0.05, 0) is 103 Å². The van der Waals surface area contributed by atoms with Crippen molar-refractivity contribution in [1.82, 2.24) is 0 Å². The van der Waals surface area contributed by atoms with Crippen LogP contribution in [0, 0.1) is 0 Å². The minimum absolute atomic E-state index is 0.135. The maximum absolute atomic E-state index is 6.60. The first-order valence-corrected chi connectivity index (χ1v) is 19.1. The molecule has 0 saturated carbocycles. The van der Waals surface area contributed by atoms with Crippen molar-refractivity contribution >= 4 is 60.5 Å². The number of para-hydroxylation sites is 1. The van der Waals surface area contributed by atoms with Gasteiger partial charge in [0, 0.05) is 33.0 Å². The van der Waals surface area contributed by atoms with Crippen LogP contribution in [0.15, 0.2) is 192 Å². The van der Waals surface area contributed by atoms with Crippen molar-refractivity contribution in [2.24, 2.45) is 0 Å². The van der Waals surface area contributed by atoms with Gasteiger partial charge in [-0.25, -0.2) is 0 Å². The average molecular weight is 704 g/mol. The van der Waals surface area contributed by atoms with E-state index in [1.54, 1.807) is 0 Å². The summed E-state index contributed by atoms with van der Waals surface area (Å²) in [6.45, 7) is 4.71. The number of benzene rings is 9. The predicted molar refractivity (Wildman–Crippen MR) is 232 cm³/mol. The van der Waals surface area contributed by atoms with E-state index < -0.39 is 0 Å². The molecule has 55 heavy (non-hydrogen) atoms. The Morgan fingerprint density at radius 1 is 0.418 bits per heavy atom. The minimum Gasteiger partial charge on any atom is -0.456 e. The van der Waals surface area contributed by atoms with Crippen LogP contribution in [-0.2, 0) is 5.41 Å². The van der Waals surface area contributed by atoms with Gasteiger partial charge < -0.3 is 9.32 Å². The molecule has 0 spiro atoms. The van der Waals surface area contributed by atoms with Crippen LogP contribution in [0.25, 0.3) is 76.9 Å². The Bertz CT molecular complexity index is 3150. The maximum atomic E-state index is 6.60. The van der Waals surface area contributed by atoms with Crippen LogP contribution < -0.4 is 4.90 Å². The van der Waals surface area contributed by atoms with Gasteiger partial charge in [-0.15, -0.1) is 0 Å². The molecule has 0 unspecified atom stereocenters. The third kappa shape index (κ3) is 4.88. The second-order valence-corrected chi connectivity index (χ2v) is 15.3. The summed E-state index contributed by atoms with van der Waals surface area (Å²) in [6.07, 6.45) is 0. The van der Waals surface area contributed by atoms with Crippen molar-refractivity contribution in [2.45, 2.75) is 19.3 Å². The highest BCUT2D eigenvalue weighted by atomic mass is 16.3. The van der Waals surface area contributed by atoms with Crippen LogP contribution in [0.4, 0.5) is 17.1 Å². The number of nitrogens with zero attached hydrogens (tertiary/aromatic N) is 1. The van der Waals surface area contributed by atoms with Gasteiger partial charge in [0.05, 0.1) is 11.4 Å². The summed E-state index contributed by atoms with van der Waals surface area (Å²) < 4.78 is 6.60. The molecule has 11 rings (SSSR count). The van der Waals surface area contributed by atoms with Gasteiger partial charge in [-0.3, -0.25) is 0 Å². The molecule has 0 aliphatic heterocycles. The molecule has 1 aromatic heterocycles. The van der Waals surface area contributed by atoms with Crippen LogP contribution in [-0.4, -0.2) is 0 Å². The van der Waals surface area contributed by atoms with Gasteiger partial charge in [-0.2, -0.15) is 0 Å². The first-order chi connectivity index (χ1) is 27.0. The third-order valence-corrected chi connectivity index (χ3v) is 11.8. The van der Waals surface area contributed by atoms with Crippen molar-refractivity contribution < 1.29 is 4.42 Å². The molecule has 0 amide bonds. The summed E-state index contributed by atoms with van der Waals surface area (Å²) in [5.41, 5.74) is 15.0. The first kappa shape index (κ1) is 31.6. The Hall–Kier alpha value is -6.90. The van der Waals surface area contributed by atoms with Crippen molar-refractivity contribution in [3.05, 3.63) is 199 Å². The lowest BCUT2D eigenvalue weighted by Gasteiger charge is -2.31. The SMILES string of the molecule is CC1(C)c2ccccc2-c2c(N(c3cccc(-c4ccc5ccccc5c4)c3)c3ccccc3-c3cccc4oc5cc6ccccc6cc5c34)cccc21. The fourth-order valence-electron chi connectivity index (χ4n) is 9.16. The lowest BCUT2D eigenvalue weighted by molar-refractivity contribution is 0.660. The van der Waals surface area contributed by atoms with Crippen LogP contribution >= 0.6 is 0 Å². The van der Waals surface area contributed by atoms with E-state index in [2.05, 4.69) is 207 Å². The number of rotatable bonds is 5. The largest absolute Gasteiger partial charge is 0.456 e. The lowest BCUT2D eigenvalue weighted by atomic mass is 9.82. The van der Waals surface area contributed by atoms with Crippen molar-refractivity contribution in [3.8, 4) is 33.4 Å². The van der Waals surface area contributed by atoms with Gasteiger partial charge in [0.25, 0.3) is 0 Å². The van der Waals surface area contributed by atoms with E-state index in [9.17, 15) is 0 Å². The normalized spacial score (nSPS) is 13.1. The van der Waals surface area contributed by atoms with Gasteiger partial charge >= 0.3 is 0 Å². The number of anilines is 3. The molecule has 1 aliphatic rings. The Morgan fingerprint density at radius 3 is 1.89 bits per heavy atom. The number of fused-ring (bicyclic) bond motifs is 8. The van der Waals surface area contributed by atoms with E-state index in [1.165, 1.54) is 54.9 Å². The van der Waals surface area contributed by atoms with E-state index in [0.29, 0.717) is 0 Å². The standard InChI is InChI=1S/C53H37NO/c1-53(2)45-23-9-7-21-43(45)52-46(53)24-13-26-48(52)54(40-19-11-18-36(31-40)39-29-28-34-14-3-4-15-35(34)30-39)47-25-10-8-20-41(47)42-22-12-27-49-51(42)44-32-37-16-5-6-17-38(37)33-50(44)55-49/h3-33H,1-2H3. The van der Waals surface area contributed by atoms with Gasteiger partial charge in [-0.1, -0.05) is 153 Å². The Labute approximate surface area is 320 Å². The quantitative estimate of drug-likeness (QED) is 0.177. The molecule has 260 valence electrons. The highest BCUT2D eigenvalue weighted by Crippen LogP contribution is 2.55. The molecule has 9 aromatic carbocycles. The molecule has 0 radical (unpaired) electrons. The molecule has 0 bridgehead atoms. The van der Waals surface area contributed by atoms with E-state index >= 15 is 0 Å². The van der Waals surface area contributed by atoms with E-state index in [0.717, 1.165) is 50.1 Å². The topological polar surface area (TPSA) is 16.4 Å². The molecule has 1 heterocycles. The summed E-state index contributed by atoms with van der Waals surface area (Å²) in [6, 6.07) is 68.5. The fourth-order valence-corrected chi connectivity index (χ4v) is 9.16. The summed E-state index contributed by atoms with van der Waals surface area (Å²) in [4.78, 5) is 2.49. The number of hydrogen-bond donors (Lipinski definition) is 0. The zero-order valence-corrected chi connectivity index (χ0v) is 30.8. The van der Waals surface area contributed by atoms with Gasteiger partial charge in [0.1, 0.15) is 11.2 Å². The molecular weight excluding hydrogens is 667 g/mol. The smallest absolute Gasteiger partial charge is 0.136 e. The second-order valence-electron chi connectivity index (χ2n) is 15.3. The van der Waals surface area contributed by atoms with Crippen molar-refractivity contribution in [2.75, 3.05) is 4.90 Å². The molecule has 10 aromatic rings. The second kappa shape index (κ2) is 12.1. The van der Waals surface area contributed by atoms with Crippen LogP contribution in [0.2, 0.25) is 0 Å². The van der Waals surface area contributed by atoms with E-state index in [1.807, 2.05) is 0 Å². The summed E-state index contributed by atoms with van der Waals surface area (Å²) in [7, 11) is 0. The van der Waals surface area contributed by atoms with Crippen molar-refractivity contribution in [3.63, 3.8) is 0 Å². The summed E-state index contributed by atoms with van der Waals surface area (Å²) in [5.74, 6) is 0. The maximum Gasteiger partial charge on any atom is 0.136 e. The van der Waals surface area contributed by atoms with E-state index in [-0.39, 0.29) is 5.41 Å². The Kier molecular flexibility index (Phi) is 6.93. The fraction of sp³-hybridized carbons (Fsp3) is 0.0566. The predicted octanol–water partition coefficient (Wildman–Crippen LogP) is 15.0. The molecule has 0 fully saturated rings. The Balaban J connectivity index is 1.19. The zero-order valence-electron chi connectivity index (χ0n) is 30.8. The molecule has 0 atom stereocenters. The minimum atomic E-state index is -0.135. The summed E-state index contributed by atoms with van der Waals surface area (Å²) in [5, 5.41) is 7.11. The molecular formula is C53H37NO. The molecule has 1 aliphatic carbocycles. The van der Waals surface area contributed by atoms with Crippen LogP contribution in [0.1, 0.15) is 25.0 Å². The first-order valence-electron chi connectivity index (χ1n) is 19.1. The third-order valence-electron chi connectivity index (χ3n) is 11.8. The van der Waals surface area contributed by atoms with E-state index in [4.69, 9.17) is 4.42 Å². The van der Waals surface area contributed by atoms with Gasteiger partial charge in [0.15, 0.2) is 0 Å². The lowest BCUT2D eigenvalue weighted by Crippen LogP contribution is -2.16. The number of furan rings is 1. The highest BCUT2D eigenvalue weighted by Gasteiger charge is 2.38. The molecule has 2 nitrogen and oxygen atoms in total. The average Bonchev–Trinajstić information content (AvgIpc) is 3.71. The highest BCUT2D eigenvalue weighted by molar-refractivity contribution is 6.17. The van der Waals surface area contributed by atoms with Crippen molar-refractivity contribution in [1.29, 1.82) is 0 Å². The van der Waals surface area contributed by atoms with Crippen LogP contribution in [0.3, 0.4) is 0 Å². The molecule has 0 saturated heterocycles. The zero-order chi connectivity index (χ0) is 36.7.